The number of hydrogen-bond acceptors (Lipinski definition) is 3. The first-order valence-corrected chi connectivity index (χ1v) is 6.05. The Morgan fingerprint density at radius 2 is 1.94 bits per heavy atom. The van der Waals surface area contributed by atoms with Gasteiger partial charge >= 0.3 is 5.97 Å². The molecule has 4 heteroatoms. The number of rotatable bonds is 5. The minimum absolute atomic E-state index is 0.149. The maximum absolute atomic E-state index is 11.8. The summed E-state index contributed by atoms with van der Waals surface area (Å²) in [5, 5.41) is 0. The fourth-order valence-corrected chi connectivity index (χ4v) is 2.24. The molecular formula is C12H21NO3. The summed E-state index contributed by atoms with van der Waals surface area (Å²) in [6.45, 7) is 2.37. The van der Waals surface area contributed by atoms with Gasteiger partial charge in [-0.2, -0.15) is 0 Å². The average Bonchev–Trinajstić information content (AvgIpc) is 2.82. The van der Waals surface area contributed by atoms with Crippen molar-refractivity contribution in [1.82, 2.24) is 4.90 Å². The Morgan fingerprint density at radius 1 is 1.31 bits per heavy atom. The quantitative estimate of drug-likeness (QED) is 0.672. The molecule has 16 heavy (non-hydrogen) atoms. The molecule has 0 unspecified atom stereocenters. The van der Waals surface area contributed by atoms with E-state index in [0.717, 1.165) is 12.8 Å². The first-order valence-electron chi connectivity index (χ1n) is 6.05. The van der Waals surface area contributed by atoms with Crippen LogP contribution in [-0.2, 0) is 14.3 Å². The van der Waals surface area contributed by atoms with Crippen molar-refractivity contribution in [3.05, 3.63) is 0 Å². The van der Waals surface area contributed by atoms with Crippen LogP contribution < -0.4 is 0 Å². The Balaban J connectivity index is 2.49. The van der Waals surface area contributed by atoms with Gasteiger partial charge in [-0.3, -0.25) is 9.59 Å². The molecule has 1 amide bonds. The molecule has 1 fully saturated rings. The molecule has 92 valence electrons. The Bertz CT molecular complexity index is 247. The number of methoxy groups -OCH3 is 1. The zero-order valence-electron chi connectivity index (χ0n) is 10.2. The second-order valence-electron chi connectivity index (χ2n) is 4.21. The maximum Gasteiger partial charge on any atom is 0.307 e. The van der Waals surface area contributed by atoms with Crippen molar-refractivity contribution in [3.8, 4) is 0 Å². The molecule has 0 aliphatic heterocycles. The van der Waals surface area contributed by atoms with E-state index in [1.165, 1.54) is 20.0 Å². The Labute approximate surface area is 96.9 Å². The lowest BCUT2D eigenvalue weighted by atomic mass is 10.2. The zero-order chi connectivity index (χ0) is 12.0. The third-order valence-electron chi connectivity index (χ3n) is 3.17. The lowest BCUT2D eigenvalue weighted by Gasteiger charge is -2.28. The van der Waals surface area contributed by atoms with Gasteiger partial charge in [-0.05, 0) is 12.8 Å². The van der Waals surface area contributed by atoms with Crippen molar-refractivity contribution in [3.63, 3.8) is 0 Å². The average molecular weight is 227 g/mol. The molecule has 0 aromatic heterocycles. The minimum atomic E-state index is -0.244. The van der Waals surface area contributed by atoms with Crippen LogP contribution in [0.25, 0.3) is 0 Å². The van der Waals surface area contributed by atoms with Crippen LogP contribution in [0.15, 0.2) is 0 Å². The second-order valence-corrected chi connectivity index (χ2v) is 4.21. The molecule has 1 rings (SSSR count). The van der Waals surface area contributed by atoms with Gasteiger partial charge in [0.25, 0.3) is 0 Å². The highest BCUT2D eigenvalue weighted by Gasteiger charge is 2.25. The van der Waals surface area contributed by atoms with Crippen LogP contribution in [0.4, 0.5) is 0 Å². The number of carbonyl (C=O) groups excluding carboxylic acids is 2. The number of carbonyl (C=O) groups is 2. The van der Waals surface area contributed by atoms with Crippen LogP contribution in [0.5, 0.6) is 0 Å². The summed E-state index contributed by atoms with van der Waals surface area (Å²) in [7, 11) is 1.38. The topological polar surface area (TPSA) is 46.6 Å². The van der Waals surface area contributed by atoms with Gasteiger partial charge in [-0.1, -0.05) is 19.8 Å². The van der Waals surface area contributed by atoms with E-state index < -0.39 is 0 Å². The number of nitrogens with zero attached hydrogens (tertiary/aromatic N) is 1. The molecule has 0 aromatic rings. The summed E-state index contributed by atoms with van der Waals surface area (Å²) in [5.74, 6) is -0.0947. The first kappa shape index (κ1) is 13.0. The van der Waals surface area contributed by atoms with Crippen molar-refractivity contribution in [1.29, 1.82) is 0 Å². The van der Waals surface area contributed by atoms with Gasteiger partial charge in [0.15, 0.2) is 0 Å². The lowest BCUT2D eigenvalue weighted by Crippen LogP contribution is -2.39. The van der Waals surface area contributed by atoms with E-state index in [1.54, 1.807) is 0 Å². The molecule has 1 aliphatic rings. The molecule has 1 aliphatic carbocycles. The molecule has 0 saturated heterocycles. The van der Waals surface area contributed by atoms with Gasteiger partial charge in [0.05, 0.1) is 13.5 Å². The Hall–Kier alpha value is -1.06. The molecule has 0 aromatic carbocycles. The Kier molecular flexibility index (Phi) is 5.29. The normalized spacial score (nSPS) is 16.1. The fraction of sp³-hybridized carbons (Fsp3) is 0.833. The van der Waals surface area contributed by atoms with Crippen LogP contribution in [0, 0.1) is 0 Å². The van der Waals surface area contributed by atoms with E-state index in [0.29, 0.717) is 25.4 Å². The van der Waals surface area contributed by atoms with Crippen molar-refractivity contribution in [2.75, 3.05) is 13.7 Å². The molecule has 0 bridgehead atoms. The summed E-state index contributed by atoms with van der Waals surface area (Å²) in [5.41, 5.74) is 0. The van der Waals surface area contributed by atoms with Gasteiger partial charge in [0.2, 0.25) is 5.91 Å². The third-order valence-corrected chi connectivity index (χ3v) is 3.17. The van der Waals surface area contributed by atoms with Gasteiger partial charge in [-0.25, -0.2) is 0 Å². The van der Waals surface area contributed by atoms with Crippen LogP contribution in [0.1, 0.15) is 45.4 Å². The summed E-state index contributed by atoms with van der Waals surface area (Å²) >= 11 is 0. The predicted octanol–water partition coefficient (Wildman–Crippen LogP) is 1.73. The van der Waals surface area contributed by atoms with Crippen molar-refractivity contribution in [2.45, 2.75) is 51.5 Å². The summed E-state index contributed by atoms with van der Waals surface area (Å²) < 4.78 is 4.60. The monoisotopic (exact) mass is 227 g/mol. The molecule has 0 heterocycles. The number of esters is 1. The predicted molar refractivity (Wildman–Crippen MR) is 60.9 cm³/mol. The zero-order valence-corrected chi connectivity index (χ0v) is 10.2. The highest BCUT2D eigenvalue weighted by molar-refractivity contribution is 5.77. The van der Waals surface area contributed by atoms with E-state index in [1.807, 2.05) is 11.8 Å². The van der Waals surface area contributed by atoms with E-state index in [-0.39, 0.29) is 11.9 Å². The number of ether oxygens (including phenoxy) is 1. The first-order chi connectivity index (χ1) is 7.69. The van der Waals surface area contributed by atoms with Crippen LogP contribution in [-0.4, -0.2) is 36.5 Å². The van der Waals surface area contributed by atoms with E-state index in [4.69, 9.17) is 0 Å². The molecule has 0 radical (unpaired) electrons. The second kappa shape index (κ2) is 6.51. The van der Waals surface area contributed by atoms with E-state index in [2.05, 4.69) is 4.74 Å². The van der Waals surface area contributed by atoms with E-state index in [9.17, 15) is 9.59 Å². The fourth-order valence-electron chi connectivity index (χ4n) is 2.24. The highest BCUT2D eigenvalue weighted by atomic mass is 16.5. The minimum Gasteiger partial charge on any atom is -0.469 e. The molecule has 0 spiro atoms. The molecule has 4 nitrogen and oxygen atoms in total. The summed E-state index contributed by atoms with van der Waals surface area (Å²) in [6.07, 6.45) is 5.35. The molecule has 0 N–H and O–H groups in total. The van der Waals surface area contributed by atoms with Gasteiger partial charge in [-0.15, -0.1) is 0 Å². The van der Waals surface area contributed by atoms with Crippen LogP contribution in [0.3, 0.4) is 0 Å². The smallest absolute Gasteiger partial charge is 0.307 e. The third kappa shape index (κ3) is 3.51. The molecule has 1 saturated carbocycles. The molecular weight excluding hydrogens is 206 g/mol. The van der Waals surface area contributed by atoms with Gasteiger partial charge < -0.3 is 9.64 Å². The van der Waals surface area contributed by atoms with Crippen molar-refractivity contribution in [2.24, 2.45) is 0 Å². The summed E-state index contributed by atoms with van der Waals surface area (Å²) in [6, 6.07) is 0.345. The lowest BCUT2D eigenvalue weighted by molar-refractivity contribution is -0.142. The number of amides is 1. The van der Waals surface area contributed by atoms with E-state index >= 15 is 0 Å². The Morgan fingerprint density at radius 3 is 2.44 bits per heavy atom. The van der Waals surface area contributed by atoms with Gasteiger partial charge in [0.1, 0.15) is 0 Å². The van der Waals surface area contributed by atoms with Crippen molar-refractivity contribution < 1.29 is 14.3 Å². The van der Waals surface area contributed by atoms with Crippen molar-refractivity contribution >= 4 is 11.9 Å². The van der Waals surface area contributed by atoms with Crippen LogP contribution in [0.2, 0.25) is 0 Å². The number of hydrogen-bond donors (Lipinski definition) is 0. The van der Waals surface area contributed by atoms with Crippen LogP contribution >= 0.6 is 0 Å². The van der Waals surface area contributed by atoms with Gasteiger partial charge in [0, 0.05) is 19.0 Å². The highest BCUT2D eigenvalue weighted by Crippen LogP contribution is 2.24. The maximum atomic E-state index is 11.8. The SMILES string of the molecule is CCC(=O)N(CCC(=O)OC)C1CCCC1. The standard InChI is InChI=1S/C12H21NO3/c1-3-11(14)13(9-8-12(15)16-2)10-6-4-5-7-10/h10H,3-9H2,1-2H3. The summed E-state index contributed by atoms with van der Waals surface area (Å²) in [4.78, 5) is 24.7. The molecule has 0 atom stereocenters. The largest absolute Gasteiger partial charge is 0.469 e.